The van der Waals surface area contributed by atoms with Crippen molar-refractivity contribution in [2.24, 2.45) is 11.3 Å². The van der Waals surface area contributed by atoms with Gasteiger partial charge in [-0.15, -0.1) is 0 Å². The molecule has 1 heterocycles. The molecule has 1 aliphatic heterocycles. The van der Waals surface area contributed by atoms with E-state index in [4.69, 9.17) is 4.74 Å². The van der Waals surface area contributed by atoms with Gasteiger partial charge in [-0.2, -0.15) is 0 Å². The normalized spacial score (nSPS) is 17.2. The van der Waals surface area contributed by atoms with Crippen molar-refractivity contribution >= 4 is 6.03 Å². The average molecular weight is 380 g/mol. The number of carbonyl (C=O) groups is 1. The summed E-state index contributed by atoms with van der Waals surface area (Å²) in [6, 6.07) is 0.0522. The Morgan fingerprint density at radius 2 is 1.96 bits per heavy atom. The number of allylic oxidation sites excluding steroid dienone is 2. The van der Waals surface area contributed by atoms with Crippen LogP contribution in [0, 0.1) is 11.3 Å². The molecule has 0 spiro atoms. The Labute approximate surface area is 167 Å². The van der Waals surface area contributed by atoms with Crippen molar-refractivity contribution in [1.82, 2.24) is 14.7 Å². The van der Waals surface area contributed by atoms with Crippen LogP contribution < -0.4 is 0 Å². The minimum Gasteiger partial charge on any atom is -0.382 e. The molecule has 1 aliphatic rings. The van der Waals surface area contributed by atoms with Crippen LogP contribution in [0.25, 0.3) is 0 Å². The van der Waals surface area contributed by atoms with E-state index in [9.17, 15) is 4.79 Å². The van der Waals surface area contributed by atoms with Crippen molar-refractivity contribution in [2.45, 2.75) is 46.5 Å². The Hall–Kier alpha value is -1.33. The summed E-state index contributed by atoms with van der Waals surface area (Å²) in [5.74, 6) is 0.504. The second-order valence-corrected chi connectivity index (χ2v) is 8.42. The summed E-state index contributed by atoms with van der Waals surface area (Å²) < 4.78 is 5.41. The number of amides is 2. The van der Waals surface area contributed by atoms with Gasteiger partial charge in [-0.1, -0.05) is 26.5 Å². The highest BCUT2D eigenvalue weighted by molar-refractivity contribution is 5.77. The topological polar surface area (TPSA) is 36.0 Å². The van der Waals surface area contributed by atoms with E-state index in [1.165, 1.54) is 0 Å². The van der Waals surface area contributed by atoms with Crippen molar-refractivity contribution in [3.05, 3.63) is 24.4 Å². The van der Waals surface area contributed by atoms with Gasteiger partial charge in [0, 0.05) is 44.5 Å². The minimum absolute atomic E-state index is 0.0522. The Morgan fingerprint density at radius 1 is 1.30 bits per heavy atom. The van der Waals surface area contributed by atoms with E-state index in [2.05, 4.69) is 45.5 Å². The highest BCUT2D eigenvalue weighted by Crippen LogP contribution is 2.34. The highest BCUT2D eigenvalue weighted by atomic mass is 16.5. The predicted molar refractivity (Wildman–Crippen MR) is 114 cm³/mol. The number of ether oxygens (including phenoxy) is 1. The maximum absolute atomic E-state index is 12.7. The molecule has 1 rings (SSSR count). The minimum atomic E-state index is 0.0522. The third kappa shape index (κ3) is 8.06. The van der Waals surface area contributed by atoms with E-state index in [0.29, 0.717) is 5.92 Å². The molecule has 0 aromatic heterocycles. The molecule has 5 heteroatoms. The summed E-state index contributed by atoms with van der Waals surface area (Å²) in [6.45, 7) is 14.9. The van der Waals surface area contributed by atoms with Crippen molar-refractivity contribution in [1.29, 1.82) is 0 Å². The van der Waals surface area contributed by atoms with Crippen LogP contribution in [0.3, 0.4) is 0 Å². The van der Waals surface area contributed by atoms with E-state index in [1.54, 1.807) is 4.90 Å². The molecule has 0 radical (unpaired) electrons. The molecule has 0 aromatic carbocycles. The standard InChI is InChI=1S/C22H41N3O2/c1-8-20(11-10-16-27-9-2)13-12-19(3)24(7)21(26)25-17-22(4,18-25)14-15-23(5)6/h12-13,20H,3,8-11,14-18H2,1-2,4-7H3/b13-12-. The molecule has 156 valence electrons. The van der Waals surface area contributed by atoms with Gasteiger partial charge in [0.25, 0.3) is 0 Å². The lowest BCUT2D eigenvalue weighted by Gasteiger charge is -2.49. The number of hydrogen-bond acceptors (Lipinski definition) is 3. The number of carbonyl (C=O) groups excluding carboxylic acids is 1. The van der Waals surface area contributed by atoms with Crippen LogP contribution in [-0.2, 0) is 4.74 Å². The molecule has 0 N–H and O–H groups in total. The van der Waals surface area contributed by atoms with Gasteiger partial charge in [0.1, 0.15) is 0 Å². The molecule has 27 heavy (non-hydrogen) atoms. The summed E-state index contributed by atoms with van der Waals surface area (Å²) in [7, 11) is 6.01. The maximum atomic E-state index is 12.7. The van der Waals surface area contributed by atoms with Gasteiger partial charge in [-0.3, -0.25) is 4.90 Å². The third-order valence-electron chi connectivity index (χ3n) is 5.45. The smallest absolute Gasteiger partial charge is 0.324 e. The number of likely N-dealkylation sites (N-methyl/N-ethyl adjacent to an activating group) is 1. The number of hydrogen-bond donors (Lipinski definition) is 0. The van der Waals surface area contributed by atoms with Gasteiger partial charge >= 0.3 is 6.03 Å². The van der Waals surface area contributed by atoms with Crippen molar-refractivity contribution in [3.8, 4) is 0 Å². The lowest BCUT2D eigenvalue weighted by molar-refractivity contribution is 0.0256. The quantitative estimate of drug-likeness (QED) is 0.376. The first-order chi connectivity index (χ1) is 12.7. The van der Waals surface area contributed by atoms with E-state index in [-0.39, 0.29) is 11.4 Å². The first-order valence-corrected chi connectivity index (χ1v) is 10.3. The molecule has 1 atom stereocenters. The second kappa shape index (κ2) is 11.5. The lowest BCUT2D eigenvalue weighted by Crippen LogP contribution is -2.60. The maximum Gasteiger partial charge on any atom is 0.324 e. The first-order valence-electron chi connectivity index (χ1n) is 10.3. The fraction of sp³-hybridized carbons (Fsp3) is 0.773. The third-order valence-corrected chi connectivity index (χ3v) is 5.45. The van der Waals surface area contributed by atoms with Gasteiger partial charge in [-0.05, 0) is 65.2 Å². The zero-order chi connectivity index (χ0) is 20.4. The van der Waals surface area contributed by atoms with E-state index in [0.717, 1.165) is 64.2 Å². The van der Waals surface area contributed by atoms with E-state index >= 15 is 0 Å². The molecule has 5 nitrogen and oxygen atoms in total. The number of urea groups is 1. The lowest BCUT2D eigenvalue weighted by atomic mass is 9.79. The number of rotatable bonds is 12. The summed E-state index contributed by atoms with van der Waals surface area (Å²) in [5.41, 5.74) is 0.997. The largest absolute Gasteiger partial charge is 0.382 e. The van der Waals surface area contributed by atoms with Gasteiger partial charge in [0.2, 0.25) is 0 Å². The molecule has 0 aliphatic carbocycles. The van der Waals surface area contributed by atoms with Crippen molar-refractivity contribution in [3.63, 3.8) is 0 Å². The van der Waals surface area contributed by atoms with Crippen LogP contribution in [0.1, 0.15) is 46.5 Å². The summed E-state index contributed by atoms with van der Waals surface area (Å²) in [4.78, 5) is 18.5. The van der Waals surface area contributed by atoms with Crippen LogP contribution in [0.5, 0.6) is 0 Å². The summed E-state index contributed by atoms with van der Waals surface area (Å²) >= 11 is 0. The molecule has 2 amide bonds. The highest BCUT2D eigenvalue weighted by Gasteiger charge is 2.41. The van der Waals surface area contributed by atoms with Crippen molar-refractivity contribution < 1.29 is 9.53 Å². The Bertz CT molecular complexity index is 496. The molecule has 0 bridgehead atoms. The van der Waals surface area contributed by atoms with Crippen LogP contribution >= 0.6 is 0 Å². The van der Waals surface area contributed by atoms with E-state index < -0.39 is 0 Å². The molecule has 0 aromatic rings. The zero-order valence-corrected chi connectivity index (χ0v) is 18.5. The molecular formula is C22H41N3O2. The van der Waals surface area contributed by atoms with Crippen LogP contribution in [-0.4, -0.2) is 74.7 Å². The Kier molecular flexibility index (Phi) is 10.1. The Balaban J connectivity index is 2.43. The molecule has 0 saturated carbocycles. The SMILES string of the molecule is C=C(/C=C\C(CC)CCCOCC)N(C)C(=O)N1CC(C)(CCN(C)C)C1. The Morgan fingerprint density at radius 3 is 2.52 bits per heavy atom. The zero-order valence-electron chi connectivity index (χ0n) is 18.5. The summed E-state index contributed by atoms with van der Waals surface area (Å²) in [6.07, 6.45) is 8.57. The van der Waals surface area contributed by atoms with Crippen molar-refractivity contribution in [2.75, 3.05) is 54.0 Å². The molecule has 1 fully saturated rings. The van der Waals surface area contributed by atoms with E-state index in [1.807, 2.05) is 24.9 Å². The molecular weight excluding hydrogens is 338 g/mol. The number of nitrogens with zero attached hydrogens (tertiary/aromatic N) is 3. The predicted octanol–water partition coefficient (Wildman–Crippen LogP) is 4.22. The molecule has 1 saturated heterocycles. The fourth-order valence-corrected chi connectivity index (χ4v) is 3.38. The number of likely N-dealkylation sites (tertiary alicyclic amines) is 1. The first kappa shape index (κ1) is 23.7. The van der Waals surface area contributed by atoms with Crippen LogP contribution in [0.2, 0.25) is 0 Å². The monoisotopic (exact) mass is 379 g/mol. The van der Waals surface area contributed by atoms with Gasteiger partial charge in [0.15, 0.2) is 0 Å². The summed E-state index contributed by atoms with van der Waals surface area (Å²) in [5, 5.41) is 0. The molecule has 1 unspecified atom stereocenters. The average Bonchev–Trinajstić information content (AvgIpc) is 2.62. The van der Waals surface area contributed by atoms with Gasteiger partial charge in [-0.25, -0.2) is 4.79 Å². The van der Waals surface area contributed by atoms with Crippen LogP contribution in [0.4, 0.5) is 4.79 Å². The second-order valence-electron chi connectivity index (χ2n) is 8.42. The van der Waals surface area contributed by atoms with Crippen LogP contribution in [0.15, 0.2) is 24.4 Å². The fourth-order valence-electron chi connectivity index (χ4n) is 3.38. The van der Waals surface area contributed by atoms with Gasteiger partial charge in [0.05, 0.1) is 0 Å². The van der Waals surface area contributed by atoms with Gasteiger partial charge < -0.3 is 14.5 Å².